The zero-order chi connectivity index (χ0) is 13.8. The van der Waals surface area contributed by atoms with Crippen LogP contribution >= 0.6 is 15.9 Å². The Labute approximate surface area is 120 Å². The Morgan fingerprint density at radius 3 is 2.61 bits per heavy atom. The number of rotatable bonds is 5. The highest BCUT2D eigenvalue weighted by Gasteiger charge is 2.18. The van der Waals surface area contributed by atoms with E-state index in [1.54, 1.807) is 0 Å². The fourth-order valence-corrected chi connectivity index (χ4v) is 2.28. The lowest BCUT2D eigenvalue weighted by atomic mass is 9.96. The van der Waals surface area contributed by atoms with Crippen molar-refractivity contribution >= 4 is 32.5 Å². The van der Waals surface area contributed by atoms with Gasteiger partial charge in [-0.25, -0.2) is 9.97 Å². The second kappa shape index (κ2) is 6.61. The standard InChI is InChI=1S/C12H20BrN3OS/c1-5-18(17)7-6-14-10-8-9(13)15-11(16-10)12(2,3)4/h8H,5-7H2,1-4H3,(H,14,15,16). The minimum Gasteiger partial charge on any atom is -0.369 e. The van der Waals surface area contributed by atoms with Gasteiger partial charge in [-0.3, -0.25) is 4.21 Å². The topological polar surface area (TPSA) is 54.9 Å². The fraction of sp³-hybridized carbons (Fsp3) is 0.667. The van der Waals surface area contributed by atoms with Crippen LogP contribution in [0.4, 0.5) is 5.82 Å². The largest absolute Gasteiger partial charge is 0.369 e. The molecule has 0 aliphatic heterocycles. The molecule has 0 amide bonds. The van der Waals surface area contributed by atoms with Gasteiger partial charge in [0.1, 0.15) is 16.2 Å². The quantitative estimate of drug-likeness (QED) is 0.842. The van der Waals surface area contributed by atoms with Crippen molar-refractivity contribution in [3.05, 3.63) is 16.5 Å². The maximum Gasteiger partial charge on any atom is 0.137 e. The van der Waals surface area contributed by atoms with Crippen LogP contribution in [0.3, 0.4) is 0 Å². The molecule has 0 fully saturated rings. The molecule has 1 rings (SSSR count). The lowest BCUT2D eigenvalue weighted by Gasteiger charge is -2.17. The van der Waals surface area contributed by atoms with E-state index in [2.05, 4.69) is 52.0 Å². The van der Waals surface area contributed by atoms with Gasteiger partial charge < -0.3 is 5.32 Å². The molecule has 0 aromatic carbocycles. The first kappa shape index (κ1) is 15.6. The maximum atomic E-state index is 11.3. The smallest absolute Gasteiger partial charge is 0.137 e. The second-order valence-electron chi connectivity index (χ2n) is 5.01. The van der Waals surface area contributed by atoms with Crippen molar-refractivity contribution in [3.63, 3.8) is 0 Å². The van der Waals surface area contributed by atoms with E-state index in [0.29, 0.717) is 18.1 Å². The summed E-state index contributed by atoms with van der Waals surface area (Å²) < 4.78 is 12.1. The lowest BCUT2D eigenvalue weighted by molar-refractivity contribution is 0.544. The Kier molecular flexibility index (Phi) is 5.72. The van der Waals surface area contributed by atoms with Gasteiger partial charge in [-0.2, -0.15) is 0 Å². The number of anilines is 1. The first-order valence-electron chi connectivity index (χ1n) is 5.97. The summed E-state index contributed by atoms with van der Waals surface area (Å²) in [5.41, 5.74) is -0.0908. The highest BCUT2D eigenvalue weighted by atomic mass is 79.9. The molecule has 1 aromatic heterocycles. The molecule has 4 nitrogen and oxygen atoms in total. The van der Waals surface area contributed by atoms with E-state index >= 15 is 0 Å². The summed E-state index contributed by atoms with van der Waals surface area (Å²) in [6.07, 6.45) is 0. The molecule has 0 saturated carbocycles. The normalized spacial score (nSPS) is 13.4. The number of halogens is 1. The zero-order valence-corrected chi connectivity index (χ0v) is 13.7. The molecular weight excluding hydrogens is 314 g/mol. The molecule has 0 radical (unpaired) electrons. The molecule has 18 heavy (non-hydrogen) atoms. The van der Waals surface area contributed by atoms with Crippen molar-refractivity contribution in [2.24, 2.45) is 0 Å². The fourth-order valence-electron chi connectivity index (χ4n) is 1.28. The van der Waals surface area contributed by atoms with E-state index in [9.17, 15) is 4.21 Å². The van der Waals surface area contributed by atoms with Crippen molar-refractivity contribution in [2.45, 2.75) is 33.1 Å². The van der Waals surface area contributed by atoms with Gasteiger partial charge in [0.2, 0.25) is 0 Å². The summed E-state index contributed by atoms with van der Waals surface area (Å²) in [6, 6.07) is 1.84. The lowest BCUT2D eigenvalue weighted by Crippen LogP contribution is -2.18. The molecule has 1 atom stereocenters. The number of nitrogens with zero attached hydrogens (tertiary/aromatic N) is 2. The summed E-state index contributed by atoms with van der Waals surface area (Å²) in [5.74, 6) is 2.90. The van der Waals surface area contributed by atoms with Crippen molar-refractivity contribution < 1.29 is 4.21 Å². The molecule has 0 aliphatic carbocycles. The molecular formula is C12H20BrN3OS. The molecule has 1 heterocycles. The van der Waals surface area contributed by atoms with Crippen LogP contribution in [0.1, 0.15) is 33.5 Å². The van der Waals surface area contributed by atoms with Gasteiger partial charge in [-0.15, -0.1) is 0 Å². The average molecular weight is 334 g/mol. The molecule has 1 aromatic rings. The molecule has 6 heteroatoms. The minimum absolute atomic E-state index is 0.0908. The van der Waals surface area contributed by atoms with Gasteiger partial charge in [-0.1, -0.05) is 27.7 Å². The zero-order valence-electron chi connectivity index (χ0n) is 11.3. The van der Waals surface area contributed by atoms with Gasteiger partial charge >= 0.3 is 0 Å². The monoisotopic (exact) mass is 333 g/mol. The van der Waals surface area contributed by atoms with Crippen molar-refractivity contribution in [3.8, 4) is 0 Å². The number of aromatic nitrogens is 2. The molecule has 1 unspecified atom stereocenters. The van der Waals surface area contributed by atoms with Crippen molar-refractivity contribution in [1.82, 2.24) is 9.97 Å². The van der Waals surface area contributed by atoms with E-state index < -0.39 is 10.8 Å². The Bertz CT molecular complexity index is 432. The minimum atomic E-state index is -0.746. The number of hydrogen-bond acceptors (Lipinski definition) is 4. The van der Waals surface area contributed by atoms with Gasteiger partial charge in [0.25, 0.3) is 0 Å². The van der Waals surface area contributed by atoms with E-state index in [4.69, 9.17) is 0 Å². The van der Waals surface area contributed by atoms with E-state index in [0.717, 1.165) is 16.2 Å². The van der Waals surface area contributed by atoms with Crippen molar-refractivity contribution in [1.29, 1.82) is 0 Å². The Balaban J connectivity index is 2.72. The van der Waals surface area contributed by atoms with Crippen LogP contribution in [-0.2, 0) is 16.2 Å². The Morgan fingerprint density at radius 2 is 2.06 bits per heavy atom. The Hall–Kier alpha value is -0.490. The molecule has 0 bridgehead atoms. The highest BCUT2D eigenvalue weighted by Crippen LogP contribution is 2.22. The summed E-state index contributed by atoms with van der Waals surface area (Å²) >= 11 is 3.39. The third-order valence-corrected chi connectivity index (χ3v) is 4.03. The first-order chi connectivity index (χ1) is 8.32. The summed E-state index contributed by atoms with van der Waals surface area (Å²) in [5, 5.41) is 3.19. The van der Waals surface area contributed by atoms with Crippen LogP contribution in [-0.4, -0.2) is 32.2 Å². The summed E-state index contributed by atoms with van der Waals surface area (Å²) in [7, 11) is -0.746. The molecule has 0 aliphatic rings. The number of hydrogen-bond donors (Lipinski definition) is 1. The van der Waals surface area contributed by atoms with Crippen LogP contribution in [0.15, 0.2) is 10.7 Å². The van der Waals surface area contributed by atoms with Crippen molar-refractivity contribution in [2.75, 3.05) is 23.4 Å². The highest BCUT2D eigenvalue weighted by molar-refractivity contribution is 9.10. The predicted molar refractivity (Wildman–Crippen MR) is 80.5 cm³/mol. The van der Waals surface area contributed by atoms with Gasteiger partial charge in [0.15, 0.2) is 0 Å². The SMILES string of the molecule is CCS(=O)CCNc1cc(Br)nc(C(C)(C)C)n1. The molecule has 0 spiro atoms. The second-order valence-corrected chi connectivity index (χ2v) is 7.69. The maximum absolute atomic E-state index is 11.3. The average Bonchev–Trinajstić information content (AvgIpc) is 2.27. The van der Waals surface area contributed by atoms with Gasteiger partial charge in [0, 0.05) is 40.3 Å². The van der Waals surface area contributed by atoms with Crippen LogP contribution in [0, 0.1) is 0 Å². The molecule has 1 N–H and O–H groups in total. The van der Waals surface area contributed by atoms with Crippen LogP contribution < -0.4 is 5.32 Å². The molecule has 102 valence electrons. The summed E-state index contributed by atoms with van der Waals surface area (Å²) in [6.45, 7) is 8.81. The van der Waals surface area contributed by atoms with Crippen LogP contribution in [0.2, 0.25) is 0 Å². The van der Waals surface area contributed by atoms with E-state index in [1.807, 2.05) is 13.0 Å². The van der Waals surface area contributed by atoms with Gasteiger partial charge in [-0.05, 0) is 15.9 Å². The van der Waals surface area contributed by atoms with E-state index in [1.165, 1.54) is 0 Å². The third kappa shape index (κ3) is 5.02. The Morgan fingerprint density at radius 1 is 1.39 bits per heavy atom. The van der Waals surface area contributed by atoms with Crippen LogP contribution in [0.25, 0.3) is 0 Å². The summed E-state index contributed by atoms with van der Waals surface area (Å²) in [4.78, 5) is 8.85. The van der Waals surface area contributed by atoms with Crippen LogP contribution in [0.5, 0.6) is 0 Å². The number of nitrogens with one attached hydrogen (secondary N) is 1. The predicted octanol–water partition coefficient (Wildman–Crippen LogP) is 2.72. The van der Waals surface area contributed by atoms with E-state index in [-0.39, 0.29) is 5.41 Å². The van der Waals surface area contributed by atoms with Gasteiger partial charge in [0.05, 0.1) is 0 Å². The molecule has 0 saturated heterocycles. The third-order valence-electron chi connectivity index (χ3n) is 2.32. The first-order valence-corrected chi connectivity index (χ1v) is 8.25.